The van der Waals surface area contributed by atoms with Gasteiger partial charge in [0.15, 0.2) is 5.84 Å². The molecule has 0 aliphatic heterocycles. The Balaban J connectivity index is 1.26. The van der Waals surface area contributed by atoms with Gasteiger partial charge in [-0.2, -0.15) is 5.10 Å². The molecule has 194 valence electrons. The van der Waals surface area contributed by atoms with E-state index in [-0.39, 0.29) is 5.91 Å². The largest absolute Gasteiger partial charge is 0.355 e. The summed E-state index contributed by atoms with van der Waals surface area (Å²) in [5, 5.41) is 14.2. The summed E-state index contributed by atoms with van der Waals surface area (Å²) < 4.78 is 0. The molecular formula is C29H27N9O. The molecule has 0 atom stereocenters. The molecule has 0 saturated heterocycles. The first-order valence-electron chi connectivity index (χ1n) is 12.1. The second-order valence-electron chi connectivity index (χ2n) is 8.76. The third-order valence-electron chi connectivity index (χ3n) is 6.03. The summed E-state index contributed by atoms with van der Waals surface area (Å²) in [5.41, 5.74) is 9.71. The van der Waals surface area contributed by atoms with Gasteiger partial charge in [-0.05, 0) is 91.9 Å². The molecule has 8 N–H and O–H groups in total. The highest BCUT2D eigenvalue weighted by Gasteiger charge is 2.10. The lowest BCUT2D eigenvalue weighted by Crippen LogP contribution is -2.32. The number of fused-ring (bicyclic) bond motifs is 1. The summed E-state index contributed by atoms with van der Waals surface area (Å²) in [6.07, 6.45) is 3.49. The molecule has 3 aromatic carbocycles. The Bertz CT molecular complexity index is 1650. The lowest BCUT2D eigenvalue weighted by atomic mass is 10.1. The second kappa shape index (κ2) is 11.3. The molecule has 39 heavy (non-hydrogen) atoms. The third-order valence-corrected chi connectivity index (χ3v) is 6.03. The lowest BCUT2D eigenvalue weighted by molar-refractivity contribution is 0.102. The zero-order chi connectivity index (χ0) is 27.2. The van der Waals surface area contributed by atoms with E-state index in [1.54, 1.807) is 24.5 Å². The normalized spacial score (nSPS) is 11.2. The van der Waals surface area contributed by atoms with Gasteiger partial charge < -0.3 is 27.2 Å². The van der Waals surface area contributed by atoms with Crippen molar-refractivity contribution in [2.24, 2.45) is 16.8 Å². The average molecular weight is 518 g/mol. The van der Waals surface area contributed by atoms with Crippen molar-refractivity contribution in [1.82, 2.24) is 15.4 Å². The summed E-state index contributed by atoms with van der Waals surface area (Å²) in [6, 6.07) is 26.1. The summed E-state index contributed by atoms with van der Waals surface area (Å²) >= 11 is 0. The number of amides is 1. The number of hydrogen-bond acceptors (Lipinski definition) is 8. The minimum Gasteiger partial charge on any atom is -0.355 e. The number of hydrazone groups is 1. The van der Waals surface area contributed by atoms with Gasteiger partial charge in [-0.3, -0.25) is 14.8 Å². The highest BCUT2D eigenvalue weighted by Crippen LogP contribution is 2.27. The van der Waals surface area contributed by atoms with E-state index in [0.717, 1.165) is 44.9 Å². The average Bonchev–Trinajstić information content (AvgIpc) is 2.95. The minimum atomic E-state index is -0.200. The molecule has 0 spiro atoms. The molecule has 1 amide bonds. The van der Waals surface area contributed by atoms with Crippen LogP contribution in [0.5, 0.6) is 0 Å². The number of benzene rings is 3. The predicted molar refractivity (Wildman–Crippen MR) is 156 cm³/mol. The molecule has 5 aromatic rings. The minimum absolute atomic E-state index is 0.200. The number of nitrogens with two attached hydrogens (primary N) is 2. The van der Waals surface area contributed by atoms with Crippen LogP contribution in [0.3, 0.4) is 0 Å². The number of aromatic nitrogens is 2. The fraction of sp³-hybridized carbons (Fsp3) is 0.0345. The van der Waals surface area contributed by atoms with Crippen molar-refractivity contribution >= 4 is 51.1 Å². The number of pyridine rings is 2. The first-order chi connectivity index (χ1) is 19.0. The standard InChI is InChI=1S/C29H27N9O/c1-18-16-24(12-14-32-18)34-21-7-9-23(10-8-21)36-29(39)19-2-5-22(6-3-19)35-27-13-15-33-26-11-4-20(17-25(26)27)28(37-30)38-31/h2-17H,30-31H2,1H3,(H,32,34)(H,33,35)(H,36,39)(H,37,38). The monoisotopic (exact) mass is 517 g/mol. The van der Waals surface area contributed by atoms with Crippen molar-refractivity contribution in [1.29, 1.82) is 0 Å². The molecule has 0 saturated carbocycles. The van der Waals surface area contributed by atoms with Crippen LogP contribution in [0.4, 0.5) is 28.4 Å². The summed E-state index contributed by atoms with van der Waals surface area (Å²) in [7, 11) is 0. The van der Waals surface area contributed by atoms with Gasteiger partial charge in [0.05, 0.1) is 5.52 Å². The number of hydrazine groups is 1. The summed E-state index contributed by atoms with van der Waals surface area (Å²) in [6.45, 7) is 1.94. The van der Waals surface area contributed by atoms with Gasteiger partial charge in [0, 0.05) is 63.0 Å². The highest BCUT2D eigenvalue weighted by atomic mass is 16.1. The first-order valence-corrected chi connectivity index (χ1v) is 12.1. The number of amidine groups is 1. The van der Waals surface area contributed by atoms with Crippen LogP contribution < -0.4 is 33.1 Å². The van der Waals surface area contributed by atoms with E-state index in [1.165, 1.54) is 0 Å². The Hall–Kier alpha value is -5.48. The van der Waals surface area contributed by atoms with E-state index in [4.69, 9.17) is 11.7 Å². The Morgan fingerprint density at radius 2 is 1.41 bits per heavy atom. The maximum absolute atomic E-state index is 12.8. The van der Waals surface area contributed by atoms with Gasteiger partial charge in [-0.25, -0.2) is 5.84 Å². The van der Waals surface area contributed by atoms with Crippen LogP contribution in [0.15, 0.2) is 102 Å². The van der Waals surface area contributed by atoms with Crippen molar-refractivity contribution in [3.8, 4) is 0 Å². The molecule has 0 bridgehead atoms. The van der Waals surface area contributed by atoms with Crippen molar-refractivity contribution in [3.05, 3.63) is 114 Å². The van der Waals surface area contributed by atoms with Crippen molar-refractivity contribution in [2.75, 3.05) is 16.0 Å². The number of carbonyl (C=O) groups excluding carboxylic acids is 1. The van der Waals surface area contributed by atoms with Crippen LogP contribution in [0.25, 0.3) is 10.9 Å². The van der Waals surface area contributed by atoms with Crippen LogP contribution in [0.2, 0.25) is 0 Å². The van der Waals surface area contributed by atoms with E-state index in [2.05, 4.69) is 36.4 Å². The Kier molecular flexibility index (Phi) is 7.28. The molecule has 0 radical (unpaired) electrons. The molecule has 0 aliphatic rings. The van der Waals surface area contributed by atoms with Gasteiger partial charge in [-0.1, -0.05) is 0 Å². The smallest absolute Gasteiger partial charge is 0.255 e. The van der Waals surface area contributed by atoms with E-state index < -0.39 is 0 Å². The van der Waals surface area contributed by atoms with Crippen LogP contribution >= 0.6 is 0 Å². The fourth-order valence-electron chi connectivity index (χ4n) is 4.09. The molecule has 2 heterocycles. The Morgan fingerprint density at radius 1 is 0.744 bits per heavy atom. The zero-order valence-electron chi connectivity index (χ0n) is 21.1. The van der Waals surface area contributed by atoms with Crippen molar-refractivity contribution in [2.45, 2.75) is 6.92 Å². The second-order valence-corrected chi connectivity index (χ2v) is 8.76. The van der Waals surface area contributed by atoms with Gasteiger partial charge in [0.25, 0.3) is 5.91 Å². The highest BCUT2D eigenvalue weighted by molar-refractivity contribution is 6.05. The number of anilines is 5. The van der Waals surface area contributed by atoms with E-state index >= 15 is 0 Å². The quantitative estimate of drug-likeness (QED) is 0.0781. The predicted octanol–water partition coefficient (Wildman–Crippen LogP) is 4.76. The van der Waals surface area contributed by atoms with Crippen LogP contribution in [0, 0.1) is 6.92 Å². The Labute approximate surface area is 225 Å². The number of rotatable bonds is 7. The van der Waals surface area contributed by atoms with Crippen molar-refractivity contribution < 1.29 is 4.79 Å². The Morgan fingerprint density at radius 3 is 2.13 bits per heavy atom. The lowest BCUT2D eigenvalue weighted by Gasteiger charge is -2.12. The molecule has 2 aromatic heterocycles. The van der Waals surface area contributed by atoms with E-state index in [1.807, 2.05) is 79.7 Å². The van der Waals surface area contributed by atoms with Gasteiger partial charge in [0.1, 0.15) is 0 Å². The van der Waals surface area contributed by atoms with E-state index in [9.17, 15) is 4.79 Å². The van der Waals surface area contributed by atoms with Gasteiger partial charge >= 0.3 is 0 Å². The molecule has 0 unspecified atom stereocenters. The van der Waals surface area contributed by atoms with Gasteiger partial charge in [-0.15, -0.1) is 0 Å². The molecule has 5 rings (SSSR count). The molecular weight excluding hydrogens is 490 g/mol. The molecule has 10 heteroatoms. The third kappa shape index (κ3) is 5.92. The number of carbonyl (C=O) groups is 1. The molecule has 10 nitrogen and oxygen atoms in total. The fourth-order valence-corrected chi connectivity index (χ4v) is 4.09. The molecule has 0 aliphatic carbocycles. The van der Waals surface area contributed by atoms with Gasteiger partial charge in [0.2, 0.25) is 0 Å². The topological polar surface area (TPSA) is 155 Å². The van der Waals surface area contributed by atoms with Crippen LogP contribution in [-0.4, -0.2) is 21.7 Å². The summed E-state index contributed by atoms with van der Waals surface area (Å²) in [5.74, 6) is 11.1. The van der Waals surface area contributed by atoms with E-state index in [0.29, 0.717) is 17.1 Å². The van der Waals surface area contributed by atoms with Crippen LogP contribution in [0.1, 0.15) is 21.6 Å². The molecule has 0 fully saturated rings. The number of nitrogens with one attached hydrogen (secondary N) is 4. The number of nitrogens with zero attached hydrogens (tertiary/aromatic N) is 3. The number of aryl methyl sites for hydroxylation is 1. The maximum atomic E-state index is 12.8. The van der Waals surface area contributed by atoms with Crippen LogP contribution in [-0.2, 0) is 0 Å². The summed E-state index contributed by atoms with van der Waals surface area (Å²) in [4.78, 5) is 21.5. The zero-order valence-corrected chi connectivity index (χ0v) is 21.1. The number of hydrogen-bond donors (Lipinski definition) is 6. The SMILES string of the molecule is Cc1cc(Nc2ccc(NC(=O)c3ccc(Nc4ccnc5ccc(/C(=N/N)NN)cc45)cc3)cc2)ccn1. The first kappa shape index (κ1) is 25.2. The maximum Gasteiger partial charge on any atom is 0.255 e. The van der Waals surface area contributed by atoms with Crippen molar-refractivity contribution in [3.63, 3.8) is 0 Å².